The lowest BCUT2D eigenvalue weighted by Gasteiger charge is -2.28. The zero-order valence-corrected chi connectivity index (χ0v) is 15.4. The van der Waals surface area contributed by atoms with Crippen LogP contribution in [0.4, 0.5) is 4.79 Å². The van der Waals surface area contributed by atoms with Crippen LogP contribution in [0.2, 0.25) is 0 Å². The van der Waals surface area contributed by atoms with E-state index in [-0.39, 0.29) is 11.5 Å². The molecule has 0 unspecified atom stereocenters. The van der Waals surface area contributed by atoms with E-state index in [4.69, 9.17) is 10.00 Å². The van der Waals surface area contributed by atoms with Crippen LogP contribution in [0.5, 0.6) is 0 Å². The minimum atomic E-state index is -0.437. The molecule has 0 spiro atoms. The Morgan fingerprint density at radius 3 is 2.48 bits per heavy atom. The Morgan fingerprint density at radius 1 is 1.30 bits per heavy atom. The zero-order chi connectivity index (χ0) is 17.5. The van der Waals surface area contributed by atoms with Crippen molar-refractivity contribution in [1.82, 2.24) is 10.2 Å². The number of hydrogen-bond acceptors (Lipinski definition) is 4. The molecule has 1 amide bonds. The molecule has 5 heteroatoms. The Kier molecular flexibility index (Phi) is 7.34. The molecular weight excluding hydrogens is 290 g/mol. The number of ether oxygens (including phenoxy) is 1. The second kappa shape index (κ2) is 8.54. The smallest absolute Gasteiger partial charge is 0.410 e. The van der Waals surface area contributed by atoms with Crippen LogP contribution in [-0.2, 0) is 4.74 Å². The van der Waals surface area contributed by atoms with Crippen molar-refractivity contribution in [2.45, 2.75) is 78.4 Å². The van der Waals surface area contributed by atoms with E-state index < -0.39 is 5.60 Å². The van der Waals surface area contributed by atoms with Crippen LogP contribution in [0.1, 0.15) is 66.7 Å². The van der Waals surface area contributed by atoms with Gasteiger partial charge < -0.3 is 15.0 Å². The van der Waals surface area contributed by atoms with Gasteiger partial charge in [0, 0.05) is 25.6 Å². The van der Waals surface area contributed by atoms with Gasteiger partial charge in [-0.25, -0.2) is 4.79 Å². The van der Waals surface area contributed by atoms with Gasteiger partial charge in [0.25, 0.3) is 0 Å². The lowest BCUT2D eigenvalue weighted by atomic mass is 9.88. The molecule has 0 aromatic rings. The van der Waals surface area contributed by atoms with E-state index in [0.717, 1.165) is 45.3 Å². The van der Waals surface area contributed by atoms with Crippen molar-refractivity contribution in [3.05, 3.63) is 0 Å². The topological polar surface area (TPSA) is 65.4 Å². The van der Waals surface area contributed by atoms with E-state index in [9.17, 15) is 4.79 Å². The highest BCUT2D eigenvalue weighted by atomic mass is 16.6. The molecule has 1 saturated carbocycles. The average molecular weight is 323 g/mol. The highest BCUT2D eigenvalue weighted by Crippen LogP contribution is 2.28. The van der Waals surface area contributed by atoms with Crippen molar-refractivity contribution in [1.29, 1.82) is 5.26 Å². The van der Waals surface area contributed by atoms with Crippen molar-refractivity contribution in [3.63, 3.8) is 0 Å². The van der Waals surface area contributed by atoms with Crippen LogP contribution in [-0.4, -0.2) is 42.3 Å². The Labute approximate surface area is 141 Å². The van der Waals surface area contributed by atoms with Crippen LogP contribution in [0, 0.1) is 16.7 Å². The molecule has 0 radical (unpaired) electrons. The Balaban J connectivity index is 2.26. The summed E-state index contributed by atoms with van der Waals surface area (Å²) in [6, 6.07) is 2.58. The number of nitrogens with one attached hydrogen (secondary N) is 1. The Morgan fingerprint density at radius 2 is 1.96 bits per heavy atom. The van der Waals surface area contributed by atoms with Gasteiger partial charge >= 0.3 is 6.09 Å². The second-order valence-electron chi connectivity index (χ2n) is 8.26. The van der Waals surface area contributed by atoms with E-state index in [1.54, 1.807) is 0 Å². The summed E-state index contributed by atoms with van der Waals surface area (Å²) in [5.74, 6) is 0. The maximum Gasteiger partial charge on any atom is 0.410 e. The standard InChI is InChI=1S/C18H33N3O2/c1-17(2,3)23-16(22)21(15-8-9-15)13-7-12-20-14-18(4,5)10-6-11-19/h15,20H,6-10,12-14H2,1-5H3. The summed E-state index contributed by atoms with van der Waals surface area (Å²) >= 11 is 0. The minimum Gasteiger partial charge on any atom is -0.444 e. The lowest BCUT2D eigenvalue weighted by Crippen LogP contribution is -2.40. The van der Waals surface area contributed by atoms with Crippen LogP contribution >= 0.6 is 0 Å². The molecule has 5 nitrogen and oxygen atoms in total. The van der Waals surface area contributed by atoms with E-state index >= 15 is 0 Å². The molecule has 132 valence electrons. The van der Waals surface area contributed by atoms with Crippen LogP contribution in [0.15, 0.2) is 0 Å². The predicted molar refractivity (Wildman–Crippen MR) is 92.1 cm³/mol. The summed E-state index contributed by atoms with van der Waals surface area (Å²) in [4.78, 5) is 14.1. The van der Waals surface area contributed by atoms with Crippen molar-refractivity contribution < 1.29 is 9.53 Å². The van der Waals surface area contributed by atoms with E-state index in [1.165, 1.54) is 0 Å². The first-order valence-corrected chi connectivity index (χ1v) is 8.72. The Hall–Kier alpha value is -1.28. The normalized spacial score (nSPS) is 15.1. The molecule has 0 atom stereocenters. The molecular formula is C18H33N3O2. The maximum absolute atomic E-state index is 12.2. The van der Waals surface area contributed by atoms with E-state index in [1.807, 2.05) is 25.7 Å². The van der Waals surface area contributed by atoms with E-state index in [0.29, 0.717) is 12.5 Å². The Bertz CT molecular complexity index is 417. The first-order valence-electron chi connectivity index (χ1n) is 8.72. The molecule has 1 aliphatic carbocycles. The molecule has 0 bridgehead atoms. The summed E-state index contributed by atoms with van der Waals surface area (Å²) in [7, 11) is 0. The molecule has 0 heterocycles. The van der Waals surface area contributed by atoms with Crippen molar-refractivity contribution >= 4 is 6.09 Å². The third kappa shape index (κ3) is 8.80. The quantitative estimate of drug-likeness (QED) is 0.657. The number of carbonyl (C=O) groups excluding carboxylic acids is 1. The fraction of sp³-hybridized carbons (Fsp3) is 0.889. The molecule has 0 aromatic heterocycles. The van der Waals surface area contributed by atoms with Crippen LogP contribution < -0.4 is 5.32 Å². The van der Waals surface area contributed by atoms with Crippen molar-refractivity contribution in [2.75, 3.05) is 19.6 Å². The number of amides is 1. The summed E-state index contributed by atoms with van der Waals surface area (Å²) in [6.45, 7) is 12.6. The third-order valence-corrected chi connectivity index (χ3v) is 3.89. The van der Waals surface area contributed by atoms with Gasteiger partial charge in [-0.3, -0.25) is 0 Å². The van der Waals surface area contributed by atoms with Gasteiger partial charge in [0.2, 0.25) is 0 Å². The minimum absolute atomic E-state index is 0.136. The van der Waals surface area contributed by atoms with Gasteiger partial charge in [0.05, 0.1) is 6.07 Å². The maximum atomic E-state index is 12.2. The lowest BCUT2D eigenvalue weighted by molar-refractivity contribution is 0.0231. The predicted octanol–water partition coefficient (Wildman–Crippen LogP) is 3.70. The average Bonchev–Trinajstić information content (AvgIpc) is 3.22. The third-order valence-electron chi connectivity index (χ3n) is 3.89. The molecule has 0 saturated heterocycles. The fourth-order valence-corrected chi connectivity index (χ4v) is 2.41. The molecule has 0 aromatic carbocycles. The van der Waals surface area contributed by atoms with Crippen molar-refractivity contribution in [2.24, 2.45) is 5.41 Å². The van der Waals surface area contributed by atoms with E-state index in [2.05, 4.69) is 25.2 Å². The molecule has 23 heavy (non-hydrogen) atoms. The number of carbonyl (C=O) groups is 1. The second-order valence-corrected chi connectivity index (χ2v) is 8.26. The highest BCUT2D eigenvalue weighted by Gasteiger charge is 2.34. The summed E-state index contributed by atoms with van der Waals surface area (Å²) < 4.78 is 5.49. The SMILES string of the molecule is CC(C)(CCC#N)CNCCCN(C(=O)OC(C)(C)C)C1CC1. The molecule has 1 N–H and O–H groups in total. The van der Waals surface area contributed by atoms with Gasteiger partial charge in [-0.15, -0.1) is 0 Å². The van der Waals surface area contributed by atoms with Gasteiger partial charge in [-0.1, -0.05) is 13.8 Å². The zero-order valence-electron chi connectivity index (χ0n) is 15.4. The summed E-state index contributed by atoms with van der Waals surface area (Å²) in [5, 5.41) is 12.1. The summed E-state index contributed by atoms with van der Waals surface area (Å²) in [6.07, 6.45) is 4.42. The molecule has 0 aliphatic heterocycles. The van der Waals surface area contributed by atoms with Gasteiger partial charge in [0.15, 0.2) is 0 Å². The molecule has 1 rings (SSSR count). The molecule has 1 fully saturated rings. The molecule has 1 aliphatic rings. The number of nitrogens with zero attached hydrogens (tertiary/aromatic N) is 2. The van der Waals surface area contributed by atoms with Crippen LogP contribution in [0.25, 0.3) is 0 Å². The van der Waals surface area contributed by atoms with Gasteiger partial charge in [-0.05, 0) is 58.4 Å². The largest absolute Gasteiger partial charge is 0.444 e. The fourth-order valence-electron chi connectivity index (χ4n) is 2.41. The number of rotatable bonds is 9. The summed E-state index contributed by atoms with van der Waals surface area (Å²) in [5.41, 5.74) is -0.301. The first kappa shape index (κ1) is 19.8. The number of nitriles is 1. The monoisotopic (exact) mass is 323 g/mol. The first-order chi connectivity index (χ1) is 10.6. The highest BCUT2D eigenvalue weighted by molar-refractivity contribution is 5.69. The van der Waals surface area contributed by atoms with Gasteiger partial charge in [-0.2, -0.15) is 5.26 Å². The van der Waals surface area contributed by atoms with Crippen LogP contribution in [0.3, 0.4) is 0 Å². The number of hydrogen-bond donors (Lipinski definition) is 1. The van der Waals surface area contributed by atoms with Gasteiger partial charge in [0.1, 0.15) is 5.60 Å². The van der Waals surface area contributed by atoms with Crippen molar-refractivity contribution in [3.8, 4) is 6.07 Å².